The number of hydrogen-bond donors (Lipinski definition) is 1. The van der Waals surface area contributed by atoms with Gasteiger partial charge in [-0.3, -0.25) is 9.69 Å². The van der Waals surface area contributed by atoms with E-state index in [1.807, 2.05) is 73.7 Å². The number of piperidine rings is 1. The van der Waals surface area contributed by atoms with E-state index in [0.717, 1.165) is 48.2 Å². The third kappa shape index (κ3) is 6.47. The van der Waals surface area contributed by atoms with Gasteiger partial charge in [-0.25, -0.2) is 8.42 Å². The predicted molar refractivity (Wildman–Crippen MR) is 158 cm³/mol. The van der Waals surface area contributed by atoms with Crippen LogP contribution in [0, 0.1) is 6.92 Å². The Balaban J connectivity index is 1.34. The highest BCUT2D eigenvalue weighted by atomic mass is 32.2. The van der Waals surface area contributed by atoms with E-state index in [2.05, 4.69) is 17.1 Å². The Morgan fingerprint density at radius 1 is 1.00 bits per heavy atom. The van der Waals surface area contributed by atoms with E-state index < -0.39 is 15.6 Å². The van der Waals surface area contributed by atoms with Crippen LogP contribution in [0.15, 0.2) is 83.8 Å². The van der Waals surface area contributed by atoms with Gasteiger partial charge in [0.2, 0.25) is 15.9 Å². The number of amides is 1. The Morgan fingerprint density at radius 3 is 2.48 bits per heavy atom. The van der Waals surface area contributed by atoms with Gasteiger partial charge in [0.05, 0.1) is 29.7 Å². The number of anilines is 1. The van der Waals surface area contributed by atoms with Crippen LogP contribution in [0.25, 0.3) is 0 Å². The Labute approximate surface area is 238 Å². The third-order valence-corrected chi connectivity index (χ3v) is 9.95. The van der Waals surface area contributed by atoms with Crippen molar-refractivity contribution in [2.45, 2.75) is 56.1 Å². The molecule has 3 aromatic carbocycles. The Kier molecular flexibility index (Phi) is 8.71. The van der Waals surface area contributed by atoms with Crippen LogP contribution < -0.4 is 5.32 Å². The molecule has 0 aliphatic carbocycles. The summed E-state index contributed by atoms with van der Waals surface area (Å²) in [5.41, 5.74) is 3.37. The summed E-state index contributed by atoms with van der Waals surface area (Å²) in [6, 6.07) is 24.6. The molecule has 0 unspecified atom stereocenters. The minimum atomic E-state index is -3.76. The lowest BCUT2D eigenvalue weighted by molar-refractivity contribution is -0.144. The molecule has 2 saturated heterocycles. The largest absolute Gasteiger partial charge is 0.371 e. The van der Waals surface area contributed by atoms with Gasteiger partial charge >= 0.3 is 0 Å². The average Bonchev–Trinajstić information content (AvgIpc) is 2.95. The molecule has 40 heavy (non-hydrogen) atoms. The zero-order chi connectivity index (χ0) is 28.2. The standard InChI is InChI=1S/C32H39N3O4S/c1-3-27-12-7-8-13-30(27)33-31(36)21-34-19-9-18-32(23-34)24-35(40(37,38)29-16-14-25(2)15-17-29)28(22-39-32)20-26-10-5-4-6-11-26/h4-8,10-17,28H,3,9,18-24H2,1-2H3,(H,33,36)/t28-,32-/m0/s1. The SMILES string of the molecule is CCc1ccccc1NC(=O)CN1CCC[C@]2(C1)CN(S(=O)(=O)c1ccc(C)cc1)[C@@H](Cc1ccccc1)CO2. The van der Waals surface area contributed by atoms with E-state index in [1.54, 1.807) is 16.4 Å². The van der Waals surface area contributed by atoms with Crippen molar-refractivity contribution >= 4 is 21.6 Å². The Hall–Kier alpha value is -3.04. The van der Waals surface area contributed by atoms with E-state index in [4.69, 9.17) is 4.74 Å². The molecule has 0 radical (unpaired) electrons. The summed E-state index contributed by atoms with van der Waals surface area (Å²) in [7, 11) is -3.76. The predicted octanol–water partition coefficient (Wildman–Crippen LogP) is 4.66. The van der Waals surface area contributed by atoms with Crippen molar-refractivity contribution in [3.8, 4) is 0 Å². The van der Waals surface area contributed by atoms with Gasteiger partial charge in [0, 0.05) is 18.8 Å². The van der Waals surface area contributed by atoms with Gasteiger partial charge in [-0.2, -0.15) is 4.31 Å². The number of likely N-dealkylation sites (tertiary alicyclic amines) is 1. The lowest BCUT2D eigenvalue weighted by atomic mass is 9.90. The molecular weight excluding hydrogens is 522 g/mol. The van der Waals surface area contributed by atoms with Crippen molar-refractivity contribution in [3.63, 3.8) is 0 Å². The molecule has 2 atom stereocenters. The lowest BCUT2D eigenvalue weighted by Gasteiger charge is -2.50. The minimum Gasteiger partial charge on any atom is -0.371 e. The van der Waals surface area contributed by atoms with Gasteiger partial charge in [-0.15, -0.1) is 0 Å². The Bertz CT molecular complexity index is 1410. The molecule has 1 spiro atoms. The van der Waals surface area contributed by atoms with Gasteiger partial charge in [0.25, 0.3) is 0 Å². The summed E-state index contributed by atoms with van der Waals surface area (Å²) in [5, 5.41) is 3.07. The highest BCUT2D eigenvalue weighted by Crippen LogP contribution is 2.35. The number of morpholine rings is 1. The van der Waals surface area contributed by atoms with Crippen LogP contribution in [-0.2, 0) is 32.4 Å². The number of carbonyl (C=O) groups excluding carboxylic acids is 1. The fourth-order valence-corrected chi connectivity index (χ4v) is 7.59. The number of hydrogen-bond acceptors (Lipinski definition) is 5. The summed E-state index contributed by atoms with van der Waals surface area (Å²) < 4.78 is 36.3. The van der Waals surface area contributed by atoms with Crippen molar-refractivity contribution in [1.82, 2.24) is 9.21 Å². The number of aryl methyl sites for hydroxylation is 2. The second kappa shape index (κ2) is 12.2. The summed E-state index contributed by atoms with van der Waals surface area (Å²) in [6.45, 7) is 6.11. The summed E-state index contributed by atoms with van der Waals surface area (Å²) in [4.78, 5) is 15.4. The van der Waals surface area contributed by atoms with Crippen molar-refractivity contribution in [1.29, 1.82) is 0 Å². The molecule has 0 aromatic heterocycles. The molecule has 0 bridgehead atoms. The summed E-state index contributed by atoms with van der Waals surface area (Å²) >= 11 is 0. The maximum Gasteiger partial charge on any atom is 0.243 e. The summed E-state index contributed by atoms with van der Waals surface area (Å²) in [5.74, 6) is -0.0696. The van der Waals surface area contributed by atoms with Gasteiger partial charge in [-0.1, -0.05) is 73.2 Å². The normalized spacial score (nSPS) is 22.3. The van der Waals surface area contributed by atoms with Crippen molar-refractivity contribution in [3.05, 3.63) is 95.6 Å². The zero-order valence-corrected chi connectivity index (χ0v) is 24.2. The molecule has 212 valence electrons. The maximum atomic E-state index is 14.0. The molecule has 8 heteroatoms. The van der Waals surface area contributed by atoms with E-state index in [9.17, 15) is 13.2 Å². The number of nitrogens with zero attached hydrogens (tertiary/aromatic N) is 2. The van der Waals surface area contributed by atoms with Gasteiger partial charge < -0.3 is 10.1 Å². The number of rotatable bonds is 8. The van der Waals surface area contributed by atoms with Crippen molar-refractivity contribution in [2.75, 3.05) is 38.1 Å². The third-order valence-electron chi connectivity index (χ3n) is 8.03. The molecule has 2 aliphatic rings. The first-order chi connectivity index (χ1) is 19.3. The first-order valence-electron chi connectivity index (χ1n) is 14.1. The number of carbonyl (C=O) groups is 1. The monoisotopic (exact) mass is 561 g/mol. The second-order valence-corrected chi connectivity index (χ2v) is 13.0. The van der Waals surface area contributed by atoms with Crippen LogP contribution >= 0.6 is 0 Å². The van der Waals surface area contributed by atoms with Gasteiger partial charge in [0.15, 0.2) is 0 Å². The van der Waals surface area contributed by atoms with E-state index in [-0.39, 0.29) is 25.0 Å². The number of benzene rings is 3. The number of nitrogens with one attached hydrogen (secondary N) is 1. The second-order valence-electron chi connectivity index (χ2n) is 11.1. The topological polar surface area (TPSA) is 79.0 Å². The average molecular weight is 562 g/mol. The van der Waals surface area contributed by atoms with Crippen LogP contribution in [0.1, 0.15) is 36.5 Å². The van der Waals surface area contributed by atoms with Crippen LogP contribution in [0.2, 0.25) is 0 Å². The van der Waals surface area contributed by atoms with Gasteiger partial charge in [-0.05, 0) is 68.5 Å². The lowest BCUT2D eigenvalue weighted by Crippen LogP contribution is -2.64. The number of para-hydroxylation sites is 1. The maximum absolute atomic E-state index is 14.0. The van der Waals surface area contributed by atoms with Gasteiger partial charge in [0.1, 0.15) is 0 Å². The van der Waals surface area contributed by atoms with Crippen LogP contribution in [0.3, 0.4) is 0 Å². The first-order valence-corrected chi connectivity index (χ1v) is 15.6. The molecule has 2 fully saturated rings. The van der Waals surface area contributed by atoms with Crippen LogP contribution in [-0.4, -0.2) is 68.0 Å². The molecule has 2 heterocycles. The highest BCUT2D eigenvalue weighted by Gasteiger charge is 2.47. The number of sulfonamides is 1. The van der Waals surface area contributed by atoms with Crippen molar-refractivity contribution < 1.29 is 17.9 Å². The smallest absolute Gasteiger partial charge is 0.243 e. The molecule has 7 nitrogen and oxygen atoms in total. The van der Waals surface area contributed by atoms with Crippen LogP contribution in [0.4, 0.5) is 5.69 Å². The van der Waals surface area contributed by atoms with Crippen LogP contribution in [0.5, 0.6) is 0 Å². The first kappa shape index (κ1) is 28.5. The molecule has 3 aromatic rings. The summed E-state index contributed by atoms with van der Waals surface area (Å²) in [6.07, 6.45) is 3.00. The van der Waals surface area contributed by atoms with Crippen molar-refractivity contribution in [2.24, 2.45) is 0 Å². The molecule has 2 aliphatic heterocycles. The molecule has 0 saturated carbocycles. The number of ether oxygens (including phenoxy) is 1. The van der Waals surface area contributed by atoms with E-state index in [1.165, 1.54) is 0 Å². The Morgan fingerprint density at radius 2 is 1.73 bits per heavy atom. The highest BCUT2D eigenvalue weighted by molar-refractivity contribution is 7.89. The molecule has 1 N–H and O–H groups in total. The minimum absolute atomic E-state index is 0.0696. The molecule has 5 rings (SSSR count). The zero-order valence-electron chi connectivity index (χ0n) is 23.4. The fourth-order valence-electron chi connectivity index (χ4n) is 5.90. The fraction of sp³-hybridized carbons (Fsp3) is 0.406. The van der Waals surface area contributed by atoms with E-state index in [0.29, 0.717) is 24.5 Å². The molecular formula is C32H39N3O4S. The van der Waals surface area contributed by atoms with E-state index >= 15 is 0 Å². The quantitative estimate of drug-likeness (QED) is 0.433. The molecule has 1 amide bonds.